The Bertz CT molecular complexity index is 382. The summed E-state index contributed by atoms with van der Waals surface area (Å²) in [5.74, 6) is 0.833. The van der Waals surface area contributed by atoms with Crippen LogP contribution in [0.2, 0.25) is 0 Å². The van der Waals surface area contributed by atoms with Crippen LogP contribution in [0.3, 0.4) is 0 Å². The first-order valence-corrected chi connectivity index (χ1v) is 12.5. The van der Waals surface area contributed by atoms with Crippen molar-refractivity contribution in [3.8, 4) is 0 Å². The van der Waals surface area contributed by atoms with Gasteiger partial charge in [-0.3, -0.25) is 10.5 Å². The van der Waals surface area contributed by atoms with Gasteiger partial charge in [-0.2, -0.15) is 0 Å². The van der Waals surface area contributed by atoms with Gasteiger partial charge in [0.15, 0.2) is 0 Å². The maximum Gasteiger partial charge on any atom is 0.0952 e. The number of rotatable bonds is 1. The monoisotopic (exact) mass is 551 g/mol. The molecule has 0 aromatic rings. The van der Waals surface area contributed by atoms with Crippen LogP contribution in [0.25, 0.3) is 0 Å². The van der Waals surface area contributed by atoms with Crippen LogP contribution in [0.4, 0.5) is 0 Å². The quantitative estimate of drug-likeness (QED) is 0.194. The zero-order valence-corrected chi connectivity index (χ0v) is 28.5. The summed E-state index contributed by atoms with van der Waals surface area (Å²) in [4.78, 5) is 18.1. The Kier molecular flexibility index (Phi) is 33.7. The molecular formula is C28H70O9. The first-order chi connectivity index (χ1) is 15.1. The van der Waals surface area contributed by atoms with Crippen molar-refractivity contribution < 1.29 is 45.8 Å². The first kappa shape index (κ1) is 53.0. The highest BCUT2D eigenvalue weighted by molar-refractivity contribution is 4.59. The standard InChI is InChI=1S/C8H18O2.2C4H10O2.2C4H10O.C4H10.H2O/c1-7(2,3)9-10-8(4,5)6;2*1-4(2,3)6-5;2*1-4(2,3)5;1-4(2)3;/h1-6H3;2*5H,1-3H3;2*5H,1-3H3;4H,1-3H3;1H2. The van der Waals surface area contributed by atoms with Gasteiger partial charge >= 0.3 is 0 Å². The zero-order valence-electron chi connectivity index (χ0n) is 28.5. The number of hydrogen-bond acceptors (Lipinski definition) is 8. The van der Waals surface area contributed by atoms with Crippen LogP contribution >= 0.6 is 0 Å². The maximum absolute atomic E-state index is 8.52. The van der Waals surface area contributed by atoms with Crippen molar-refractivity contribution in [2.24, 2.45) is 5.92 Å². The number of hydrogen-bond donors (Lipinski definition) is 4. The van der Waals surface area contributed by atoms with Gasteiger partial charge in [0.1, 0.15) is 0 Å². The lowest BCUT2D eigenvalue weighted by Gasteiger charge is -2.24. The van der Waals surface area contributed by atoms with E-state index in [9.17, 15) is 0 Å². The molecule has 0 aromatic heterocycles. The third-order valence-corrected chi connectivity index (χ3v) is 1.09. The summed E-state index contributed by atoms with van der Waals surface area (Å²) in [5, 5.41) is 32.8. The van der Waals surface area contributed by atoms with Crippen LogP contribution in [0, 0.1) is 5.92 Å². The molecule has 6 N–H and O–H groups in total. The van der Waals surface area contributed by atoms with Crippen molar-refractivity contribution in [2.75, 3.05) is 0 Å². The molecule has 0 aliphatic carbocycles. The third-order valence-electron chi connectivity index (χ3n) is 1.09. The minimum atomic E-state index is -0.500. The minimum absolute atomic E-state index is 0. The van der Waals surface area contributed by atoms with Gasteiger partial charge in [0.25, 0.3) is 0 Å². The van der Waals surface area contributed by atoms with Crippen molar-refractivity contribution in [1.29, 1.82) is 0 Å². The molecule has 0 aliphatic rings. The second-order valence-corrected chi connectivity index (χ2v) is 14.9. The fraction of sp³-hybridized carbons (Fsp3) is 1.00. The van der Waals surface area contributed by atoms with E-state index in [0.717, 1.165) is 5.92 Å². The molecule has 0 rings (SSSR count). The van der Waals surface area contributed by atoms with Crippen LogP contribution in [-0.2, 0) is 19.6 Å². The van der Waals surface area contributed by atoms with E-state index >= 15 is 0 Å². The van der Waals surface area contributed by atoms with E-state index in [0.29, 0.717) is 0 Å². The summed E-state index contributed by atoms with van der Waals surface area (Å²) in [6.45, 7) is 39.3. The van der Waals surface area contributed by atoms with Crippen molar-refractivity contribution in [1.82, 2.24) is 0 Å². The smallest absolute Gasteiger partial charge is 0.0952 e. The van der Waals surface area contributed by atoms with Gasteiger partial charge < -0.3 is 15.7 Å². The van der Waals surface area contributed by atoms with Gasteiger partial charge in [-0.05, 0) is 131 Å². The van der Waals surface area contributed by atoms with Gasteiger partial charge in [0.2, 0.25) is 0 Å². The second kappa shape index (κ2) is 23.5. The number of aliphatic hydroxyl groups is 2. The molecule has 37 heavy (non-hydrogen) atoms. The Morgan fingerprint density at radius 3 is 0.514 bits per heavy atom. The maximum atomic E-state index is 8.52. The molecule has 0 saturated heterocycles. The average molecular weight is 551 g/mol. The molecule has 0 aromatic carbocycles. The second-order valence-electron chi connectivity index (χ2n) is 14.9. The summed E-state index contributed by atoms with van der Waals surface area (Å²) in [7, 11) is 0. The van der Waals surface area contributed by atoms with Crippen LogP contribution in [0.15, 0.2) is 0 Å². The summed E-state index contributed by atoms with van der Waals surface area (Å²) in [6.07, 6.45) is 0. The molecular weight excluding hydrogens is 480 g/mol. The Morgan fingerprint density at radius 1 is 0.405 bits per heavy atom. The molecule has 0 heterocycles. The normalized spacial score (nSPS) is 11.8. The highest BCUT2D eigenvalue weighted by Gasteiger charge is 2.18. The summed E-state index contributed by atoms with van der Waals surface area (Å²) >= 11 is 0. The first-order valence-electron chi connectivity index (χ1n) is 12.5. The molecule has 0 amide bonds. The molecule has 9 heteroatoms. The fourth-order valence-corrected chi connectivity index (χ4v) is 0.250. The topological polar surface area (TPSA) is 149 Å². The van der Waals surface area contributed by atoms with E-state index in [2.05, 4.69) is 30.5 Å². The summed E-state index contributed by atoms with van der Waals surface area (Å²) < 4.78 is 0. The van der Waals surface area contributed by atoms with Gasteiger partial charge in [-0.25, -0.2) is 19.6 Å². The zero-order chi connectivity index (χ0) is 31.4. The van der Waals surface area contributed by atoms with Crippen molar-refractivity contribution in [3.05, 3.63) is 0 Å². The Balaban J connectivity index is -0.0000000598. The molecule has 0 bridgehead atoms. The molecule has 0 saturated carbocycles. The molecule has 0 aliphatic heterocycles. The van der Waals surface area contributed by atoms with Gasteiger partial charge in [-0.15, -0.1) is 0 Å². The van der Waals surface area contributed by atoms with Crippen LogP contribution in [0.1, 0.15) is 145 Å². The van der Waals surface area contributed by atoms with E-state index in [-0.39, 0.29) is 16.7 Å². The largest absolute Gasteiger partial charge is 0.412 e. The molecule has 0 atom stereocenters. The highest BCUT2D eigenvalue weighted by atomic mass is 17.2. The predicted molar refractivity (Wildman–Crippen MR) is 157 cm³/mol. The lowest BCUT2D eigenvalue weighted by Crippen LogP contribution is -2.27. The molecule has 0 fully saturated rings. The van der Waals surface area contributed by atoms with Gasteiger partial charge in [0, 0.05) is 0 Å². The van der Waals surface area contributed by atoms with Gasteiger partial charge in [-0.1, -0.05) is 20.8 Å². The lowest BCUT2D eigenvalue weighted by molar-refractivity contribution is -0.393. The molecule has 0 radical (unpaired) electrons. The lowest BCUT2D eigenvalue weighted by atomic mass is 10.2. The van der Waals surface area contributed by atoms with Gasteiger partial charge in [0.05, 0.1) is 33.6 Å². The Hall–Kier alpha value is -0.360. The Labute approximate surface area is 231 Å². The molecule has 0 unspecified atom stereocenters. The molecule has 236 valence electrons. The van der Waals surface area contributed by atoms with E-state index in [1.54, 1.807) is 83.1 Å². The van der Waals surface area contributed by atoms with E-state index in [1.165, 1.54) is 0 Å². The molecule has 0 spiro atoms. The highest BCUT2D eigenvalue weighted by Crippen LogP contribution is 2.14. The fourth-order valence-electron chi connectivity index (χ4n) is 0.250. The van der Waals surface area contributed by atoms with Crippen molar-refractivity contribution in [3.63, 3.8) is 0 Å². The van der Waals surface area contributed by atoms with E-state index in [4.69, 9.17) is 30.5 Å². The van der Waals surface area contributed by atoms with Crippen LogP contribution in [0.5, 0.6) is 0 Å². The van der Waals surface area contributed by atoms with E-state index in [1.807, 2.05) is 41.5 Å². The summed E-state index contributed by atoms with van der Waals surface area (Å²) in [5.41, 5.74) is -2.24. The SMILES string of the molecule is CC(C)(C)O.CC(C)(C)O.CC(C)(C)OO.CC(C)(C)OO.CC(C)(C)OOC(C)(C)C.CC(C)C.O. The van der Waals surface area contributed by atoms with Crippen molar-refractivity contribution in [2.45, 2.75) is 179 Å². The van der Waals surface area contributed by atoms with Crippen LogP contribution in [-0.4, -0.2) is 59.8 Å². The van der Waals surface area contributed by atoms with E-state index < -0.39 is 22.4 Å². The van der Waals surface area contributed by atoms with Crippen LogP contribution < -0.4 is 0 Å². The predicted octanol–water partition coefficient (Wildman–Crippen LogP) is 7.47. The third kappa shape index (κ3) is 252. The Morgan fingerprint density at radius 2 is 0.486 bits per heavy atom. The minimum Gasteiger partial charge on any atom is -0.412 e. The molecule has 9 nitrogen and oxygen atoms in total. The van der Waals surface area contributed by atoms with Crippen molar-refractivity contribution >= 4 is 0 Å². The summed E-state index contributed by atoms with van der Waals surface area (Å²) in [6, 6.07) is 0. The average Bonchev–Trinajstić information content (AvgIpc) is 2.48.